The molecule has 4 aromatic rings. The van der Waals surface area contributed by atoms with Crippen molar-refractivity contribution in [2.45, 2.75) is 50.8 Å². The molecule has 2 fully saturated rings. The average Bonchev–Trinajstić information content (AvgIpc) is 3.22. The molecule has 0 bridgehead atoms. The third-order valence-corrected chi connectivity index (χ3v) is 13.7. The highest BCUT2D eigenvalue weighted by Crippen LogP contribution is 2.43. The lowest BCUT2D eigenvalue weighted by molar-refractivity contribution is -0.384. The number of carbonyl (C=O) groups excluding carboxylic acids is 1. The summed E-state index contributed by atoms with van der Waals surface area (Å²) in [7, 11) is -4.56. The van der Waals surface area contributed by atoms with Gasteiger partial charge in [0.15, 0.2) is 0 Å². The Labute approximate surface area is 363 Å². The summed E-state index contributed by atoms with van der Waals surface area (Å²) in [5.41, 5.74) is 10.7. The van der Waals surface area contributed by atoms with E-state index < -0.39 is 31.4 Å². The SMILES string of the molecule is CC1(C)CCC(CN2CCN(c3ccc(C(=O)NS(=O)(=O)c4ccc(NCC5CCOCC5)c([N+](=O)[O-])c4)c(Oc4cnc(N)c(Br)c4)c3)CC2)=C(c2ccc(Cl)cc2)C1. The van der Waals surface area contributed by atoms with Crippen molar-refractivity contribution < 1.29 is 27.6 Å². The maximum absolute atomic E-state index is 13.8. The zero-order valence-corrected chi connectivity index (χ0v) is 36.7. The topological polar surface area (TPSA) is 182 Å². The minimum Gasteiger partial charge on any atom is -0.455 e. The molecule has 3 aliphatic rings. The molecule has 0 saturated carbocycles. The summed E-state index contributed by atoms with van der Waals surface area (Å²) in [5, 5.41) is 15.9. The molecule has 1 amide bonds. The molecule has 60 heavy (non-hydrogen) atoms. The number of hydrogen-bond donors (Lipinski definition) is 3. The number of carbonyl (C=O) groups is 1. The smallest absolute Gasteiger partial charge is 0.293 e. The third kappa shape index (κ3) is 10.6. The molecule has 0 atom stereocenters. The Kier molecular flexibility index (Phi) is 13.4. The molecular weight excluding hydrogens is 874 g/mol. The minimum atomic E-state index is -4.56. The summed E-state index contributed by atoms with van der Waals surface area (Å²) >= 11 is 9.59. The lowest BCUT2D eigenvalue weighted by Crippen LogP contribution is -2.47. The van der Waals surface area contributed by atoms with Gasteiger partial charge in [0.1, 0.15) is 23.0 Å². The van der Waals surface area contributed by atoms with Crippen molar-refractivity contribution in [3.8, 4) is 11.5 Å². The van der Waals surface area contributed by atoms with Gasteiger partial charge in [-0.05, 0) is 107 Å². The number of nitrogen functional groups attached to an aromatic ring is 1. The van der Waals surface area contributed by atoms with Crippen LogP contribution in [0, 0.1) is 21.4 Å². The highest BCUT2D eigenvalue weighted by Gasteiger charge is 2.31. The summed E-state index contributed by atoms with van der Waals surface area (Å²) < 4.78 is 41.4. The van der Waals surface area contributed by atoms with Gasteiger partial charge >= 0.3 is 0 Å². The van der Waals surface area contributed by atoms with Crippen LogP contribution in [0.4, 0.5) is 22.9 Å². The van der Waals surface area contributed by atoms with Crippen molar-refractivity contribution in [1.82, 2.24) is 14.6 Å². The van der Waals surface area contributed by atoms with Crippen LogP contribution in [0.15, 0.2) is 87.9 Å². The van der Waals surface area contributed by atoms with E-state index in [1.165, 1.54) is 41.1 Å². The van der Waals surface area contributed by atoms with Crippen molar-refractivity contribution in [2.24, 2.45) is 11.3 Å². The molecule has 0 radical (unpaired) electrons. The van der Waals surface area contributed by atoms with E-state index in [4.69, 9.17) is 26.8 Å². The average molecular weight is 923 g/mol. The van der Waals surface area contributed by atoms with Gasteiger partial charge in [0.05, 0.1) is 26.1 Å². The number of ether oxygens (including phenoxy) is 2. The molecule has 7 rings (SSSR count). The number of hydrogen-bond acceptors (Lipinski definition) is 12. The maximum atomic E-state index is 13.8. The molecule has 1 aromatic heterocycles. The molecule has 3 heterocycles. The van der Waals surface area contributed by atoms with Crippen LogP contribution in [0.5, 0.6) is 11.5 Å². The summed E-state index contributed by atoms with van der Waals surface area (Å²) in [6, 6.07) is 18.2. The zero-order chi connectivity index (χ0) is 42.6. The molecule has 4 N–H and O–H groups in total. The third-order valence-electron chi connectivity index (χ3n) is 11.4. The minimum absolute atomic E-state index is 0.0694. The Bertz CT molecular complexity index is 2380. The highest BCUT2D eigenvalue weighted by atomic mass is 79.9. The van der Waals surface area contributed by atoms with E-state index in [2.05, 4.69) is 66.7 Å². The Morgan fingerprint density at radius 3 is 2.50 bits per heavy atom. The molecule has 2 saturated heterocycles. The summed E-state index contributed by atoms with van der Waals surface area (Å²) in [4.78, 5) is 33.6. The van der Waals surface area contributed by atoms with Crippen molar-refractivity contribution >= 4 is 71.9 Å². The van der Waals surface area contributed by atoms with Gasteiger partial charge in [-0.1, -0.05) is 43.2 Å². The number of pyridine rings is 1. The van der Waals surface area contributed by atoms with E-state index in [0.29, 0.717) is 37.3 Å². The molecule has 1 aliphatic carbocycles. The Balaban J connectivity index is 1.08. The largest absolute Gasteiger partial charge is 0.455 e. The Morgan fingerprint density at radius 1 is 1.07 bits per heavy atom. The standard InChI is InChI=1S/C43H49BrClN7O7S/c1-43(2)14-11-30(36(24-43)29-3-5-31(45)6-4-29)27-50-15-17-51(18-16-50)32-7-9-35(40(21-32)59-33-22-37(44)41(46)48-26-33)42(53)49-60(56,57)34-8-10-38(39(23-34)52(54)55)47-25-28-12-19-58-20-13-28/h3-10,21-23,26,28,47H,11-20,24-25,27H2,1-2H3,(H2,46,48)(H,49,53). The molecule has 3 aromatic carbocycles. The molecule has 2 aliphatic heterocycles. The molecule has 17 heteroatoms. The van der Waals surface area contributed by atoms with Crippen molar-refractivity contribution in [2.75, 3.05) is 68.4 Å². The maximum Gasteiger partial charge on any atom is 0.293 e. The quantitative estimate of drug-likeness (QED) is 0.0860. The Hall–Kier alpha value is -4.74. The van der Waals surface area contributed by atoms with Crippen LogP contribution in [0.3, 0.4) is 0 Å². The monoisotopic (exact) mass is 921 g/mol. The first kappa shape index (κ1) is 43.4. The summed E-state index contributed by atoms with van der Waals surface area (Å²) in [5.74, 6) is -0.124. The number of aromatic nitrogens is 1. The fourth-order valence-corrected chi connectivity index (χ4v) is 9.35. The lowest BCUT2D eigenvalue weighted by Gasteiger charge is -2.39. The fourth-order valence-electron chi connectivity index (χ4n) is 7.91. The van der Waals surface area contributed by atoms with E-state index in [1.807, 2.05) is 12.1 Å². The number of amides is 1. The lowest BCUT2D eigenvalue weighted by atomic mass is 9.72. The number of nitro groups is 1. The molecule has 0 unspecified atom stereocenters. The molecule has 318 valence electrons. The summed E-state index contributed by atoms with van der Waals surface area (Å²) in [6.45, 7) is 10.3. The van der Waals surface area contributed by atoms with Crippen molar-refractivity contribution in [1.29, 1.82) is 0 Å². The number of allylic oxidation sites excluding steroid dienone is 1. The molecular formula is C43H49BrClN7O7S. The number of anilines is 3. The number of halogens is 2. The first-order valence-electron chi connectivity index (χ1n) is 20.0. The van der Waals surface area contributed by atoms with Crippen LogP contribution >= 0.6 is 27.5 Å². The van der Waals surface area contributed by atoms with Crippen LogP contribution in [0.1, 0.15) is 61.9 Å². The number of rotatable bonds is 13. The van der Waals surface area contributed by atoms with Gasteiger partial charge in [-0.2, -0.15) is 0 Å². The number of piperazine rings is 1. The predicted molar refractivity (Wildman–Crippen MR) is 237 cm³/mol. The first-order chi connectivity index (χ1) is 28.6. The number of nitrogens with two attached hydrogens (primary N) is 1. The van der Waals surface area contributed by atoms with Crippen LogP contribution < -0.4 is 25.4 Å². The number of nitrogens with zero attached hydrogens (tertiary/aromatic N) is 4. The number of nitrogens with one attached hydrogen (secondary N) is 2. The van der Waals surface area contributed by atoms with Gasteiger partial charge < -0.3 is 25.4 Å². The fraction of sp³-hybridized carbons (Fsp3) is 0.395. The van der Waals surface area contributed by atoms with E-state index in [9.17, 15) is 23.3 Å². The van der Waals surface area contributed by atoms with Gasteiger partial charge in [0.2, 0.25) is 0 Å². The van der Waals surface area contributed by atoms with Crippen molar-refractivity contribution in [3.05, 3.63) is 109 Å². The first-order valence-corrected chi connectivity index (χ1v) is 22.6. The zero-order valence-electron chi connectivity index (χ0n) is 33.6. The summed E-state index contributed by atoms with van der Waals surface area (Å²) in [6.07, 6.45) is 6.22. The van der Waals surface area contributed by atoms with Gasteiger partial charge in [0, 0.05) is 81.4 Å². The van der Waals surface area contributed by atoms with Gasteiger partial charge in [-0.25, -0.2) is 18.1 Å². The second kappa shape index (κ2) is 18.5. The van der Waals surface area contributed by atoms with Crippen LogP contribution in [-0.4, -0.2) is 81.6 Å². The Morgan fingerprint density at radius 2 is 1.80 bits per heavy atom. The van der Waals surface area contributed by atoms with E-state index in [-0.39, 0.29) is 39.9 Å². The second-order valence-electron chi connectivity index (χ2n) is 16.3. The predicted octanol–water partition coefficient (Wildman–Crippen LogP) is 8.52. The van der Waals surface area contributed by atoms with Gasteiger partial charge in [-0.3, -0.25) is 19.8 Å². The van der Waals surface area contributed by atoms with Gasteiger partial charge in [-0.15, -0.1) is 0 Å². The van der Waals surface area contributed by atoms with Crippen LogP contribution in [-0.2, 0) is 14.8 Å². The number of nitro benzene ring substituents is 1. The molecule has 0 spiro atoms. The van der Waals surface area contributed by atoms with Gasteiger partial charge in [0.25, 0.3) is 21.6 Å². The molecule has 14 nitrogen and oxygen atoms in total. The number of benzene rings is 3. The van der Waals surface area contributed by atoms with E-state index in [0.717, 1.165) is 68.5 Å². The van der Waals surface area contributed by atoms with Crippen LogP contribution in [0.2, 0.25) is 5.02 Å². The van der Waals surface area contributed by atoms with E-state index >= 15 is 0 Å². The second-order valence-corrected chi connectivity index (χ2v) is 19.3. The normalized spacial score (nSPS) is 17.6. The van der Waals surface area contributed by atoms with Crippen LogP contribution in [0.25, 0.3) is 5.57 Å². The highest BCUT2D eigenvalue weighted by molar-refractivity contribution is 9.10. The van der Waals surface area contributed by atoms with Crippen molar-refractivity contribution in [3.63, 3.8) is 0 Å². The number of sulfonamides is 1. The van der Waals surface area contributed by atoms with E-state index in [1.54, 1.807) is 18.2 Å².